The average molecular weight is 877 g/mol. The molecule has 2 saturated heterocycles. The summed E-state index contributed by atoms with van der Waals surface area (Å²) in [6.07, 6.45) is -8.99. The van der Waals surface area contributed by atoms with E-state index in [-0.39, 0.29) is 28.6 Å². The van der Waals surface area contributed by atoms with Crippen LogP contribution in [0.4, 0.5) is 0 Å². The Kier molecular flexibility index (Phi) is 12.2. The Balaban J connectivity index is 1.18. The fourth-order valence-electron chi connectivity index (χ4n) is 14.0. The summed E-state index contributed by atoms with van der Waals surface area (Å²) in [5, 5.41) is 85.1. The zero-order valence-electron chi connectivity index (χ0n) is 35.7. The number of hydrogen-bond acceptors (Lipinski definition) is 16. The third-order valence-electron chi connectivity index (χ3n) is 17.8. The van der Waals surface area contributed by atoms with Crippen LogP contribution in [0.2, 0.25) is 0 Å². The molecule has 0 aromatic heterocycles. The fraction of sp³-hybridized carbons (Fsp3) is 0.929. The van der Waals surface area contributed by atoms with E-state index in [9.17, 15) is 58.6 Å². The van der Waals surface area contributed by atoms with Gasteiger partial charge in [0.1, 0.15) is 42.7 Å². The minimum absolute atomic E-state index is 0.0862. The number of carbonyl (C=O) groups is 1. The zero-order valence-corrected chi connectivity index (χ0v) is 36.5. The lowest BCUT2D eigenvalue weighted by Crippen LogP contribution is -2.68. The molecule has 7 rings (SSSR count). The number of aliphatic hydroxyl groups excluding tert-OH is 7. The van der Waals surface area contributed by atoms with Crippen molar-refractivity contribution in [2.75, 3.05) is 13.2 Å². The van der Waals surface area contributed by atoms with E-state index in [1.165, 1.54) is 0 Å². The second-order valence-corrected chi connectivity index (χ2v) is 21.9. The van der Waals surface area contributed by atoms with Gasteiger partial charge in [-0.2, -0.15) is 8.42 Å². The molecule has 6 fully saturated rings. The van der Waals surface area contributed by atoms with Crippen LogP contribution in [-0.2, 0) is 38.3 Å². The number of hydrogen-bond donors (Lipinski definition) is 9. The van der Waals surface area contributed by atoms with Crippen molar-refractivity contribution in [2.24, 2.45) is 50.7 Å². The molecule has 0 aromatic carbocycles. The van der Waals surface area contributed by atoms with Gasteiger partial charge in [0, 0.05) is 5.92 Å². The first-order valence-electron chi connectivity index (χ1n) is 21.6. The van der Waals surface area contributed by atoms with Crippen molar-refractivity contribution in [3.63, 3.8) is 0 Å². The summed E-state index contributed by atoms with van der Waals surface area (Å²) in [6.45, 7) is 13.6. The summed E-state index contributed by atoms with van der Waals surface area (Å²) >= 11 is 0. The lowest BCUT2D eigenvalue weighted by atomic mass is 9.33. The van der Waals surface area contributed by atoms with Crippen molar-refractivity contribution in [1.29, 1.82) is 0 Å². The Hall–Kier alpha value is -1.36. The van der Waals surface area contributed by atoms with E-state index in [1.54, 1.807) is 6.92 Å². The van der Waals surface area contributed by atoms with Crippen LogP contribution in [-0.4, -0.2) is 146 Å². The predicted molar refractivity (Wildman–Crippen MR) is 209 cm³/mol. The molecule has 0 amide bonds. The molecule has 0 aromatic rings. The van der Waals surface area contributed by atoms with Gasteiger partial charge in [-0.3, -0.25) is 9.35 Å². The molecule has 344 valence electrons. The molecule has 20 atom stereocenters. The van der Waals surface area contributed by atoms with Gasteiger partial charge in [0.05, 0.1) is 30.3 Å². The summed E-state index contributed by atoms with van der Waals surface area (Å²) in [5.74, 6) is -1.22. The van der Waals surface area contributed by atoms with Gasteiger partial charge in [-0.05, 0) is 104 Å². The van der Waals surface area contributed by atoms with E-state index in [2.05, 4.69) is 40.7 Å². The maximum Gasteiger partial charge on any atom is 0.397 e. The topological polar surface area (TPSA) is 279 Å². The molecule has 60 heavy (non-hydrogen) atoms. The maximum atomic E-state index is 14.7. The second kappa shape index (κ2) is 15.7. The Bertz CT molecular complexity index is 1770. The van der Waals surface area contributed by atoms with Crippen molar-refractivity contribution in [1.82, 2.24) is 0 Å². The molecular weight excluding hydrogens is 809 g/mol. The fourth-order valence-corrected chi connectivity index (χ4v) is 14.5. The highest BCUT2D eigenvalue weighted by molar-refractivity contribution is 7.80. The highest BCUT2D eigenvalue weighted by atomic mass is 32.3. The summed E-state index contributed by atoms with van der Waals surface area (Å²) in [7, 11) is -5.10. The van der Waals surface area contributed by atoms with Crippen LogP contribution in [0.25, 0.3) is 0 Å². The summed E-state index contributed by atoms with van der Waals surface area (Å²) in [6, 6.07) is 0. The number of esters is 1. The Morgan fingerprint density at radius 3 is 2.02 bits per heavy atom. The first-order chi connectivity index (χ1) is 27.7. The molecule has 0 bridgehead atoms. The van der Waals surface area contributed by atoms with Gasteiger partial charge in [-0.1, -0.05) is 53.2 Å². The normalized spacial score (nSPS) is 52.8. The van der Waals surface area contributed by atoms with Gasteiger partial charge in [-0.15, -0.1) is 0 Å². The smallest absolute Gasteiger partial charge is 0.397 e. The van der Waals surface area contributed by atoms with Gasteiger partial charge in [0.2, 0.25) is 6.29 Å². The number of allylic oxidation sites excluding steroid dienone is 1. The number of rotatable bonds is 8. The molecule has 5 aliphatic carbocycles. The van der Waals surface area contributed by atoms with Gasteiger partial charge in [0.25, 0.3) is 0 Å². The highest BCUT2D eigenvalue weighted by Crippen LogP contribution is 2.76. The number of aliphatic hydroxyl groups is 8. The zero-order chi connectivity index (χ0) is 44.3. The average Bonchev–Trinajstić information content (AvgIpc) is 3.16. The Labute approximate surface area is 352 Å². The molecular formula is C42H68O17S. The van der Waals surface area contributed by atoms with Crippen molar-refractivity contribution in [3.8, 4) is 0 Å². The molecule has 2 heterocycles. The van der Waals surface area contributed by atoms with Crippen molar-refractivity contribution in [3.05, 3.63) is 11.6 Å². The van der Waals surface area contributed by atoms with E-state index in [0.717, 1.165) is 18.4 Å². The maximum absolute atomic E-state index is 14.7. The largest absolute Gasteiger partial charge is 0.432 e. The molecule has 7 aliphatic rings. The van der Waals surface area contributed by atoms with Crippen LogP contribution < -0.4 is 0 Å². The van der Waals surface area contributed by atoms with Crippen molar-refractivity contribution in [2.45, 2.75) is 179 Å². The van der Waals surface area contributed by atoms with E-state index in [1.807, 2.05) is 6.92 Å². The summed E-state index contributed by atoms with van der Waals surface area (Å²) < 4.78 is 61.7. The van der Waals surface area contributed by atoms with E-state index < -0.39 is 125 Å². The van der Waals surface area contributed by atoms with Crippen LogP contribution in [0.15, 0.2) is 11.6 Å². The first-order valence-corrected chi connectivity index (χ1v) is 23.0. The third-order valence-corrected chi connectivity index (χ3v) is 18.3. The standard InChI is InChI=1S/C42H68O17S/c1-20-10-15-42(36(50)58-34-31(49)29(47)27(45)22(18-43)55-34)17-16-39(5)21(33(42)41(20,7)51)8-9-25-38(4)13-12-26(37(2,3)24(38)11-14-40(25,39)6)57-35-32(59-60(52,53)54)30(48)28(46)23(19-44)56-35/h8,20,22-35,43-49,51H,9-19H2,1-7H3,(H,52,53,54)/t20-,22-,23-,24+,25-,26+,27-,28+,29+,30+,31-,32-,33-,34+,35+,38+,39-,40-,41-,42+/m1/s1. The van der Waals surface area contributed by atoms with Gasteiger partial charge in [0.15, 0.2) is 12.4 Å². The van der Waals surface area contributed by atoms with E-state index in [0.29, 0.717) is 44.9 Å². The van der Waals surface area contributed by atoms with Crippen LogP contribution in [0.3, 0.4) is 0 Å². The summed E-state index contributed by atoms with van der Waals surface area (Å²) in [4.78, 5) is 14.7. The molecule has 9 N–H and O–H groups in total. The quantitative estimate of drug-likeness (QED) is 0.0715. The lowest BCUT2D eigenvalue weighted by Gasteiger charge is -2.72. The van der Waals surface area contributed by atoms with Crippen molar-refractivity contribution >= 4 is 16.4 Å². The van der Waals surface area contributed by atoms with Crippen LogP contribution >= 0.6 is 0 Å². The molecule has 2 aliphatic heterocycles. The first kappa shape index (κ1) is 46.6. The Morgan fingerprint density at radius 2 is 1.40 bits per heavy atom. The summed E-state index contributed by atoms with van der Waals surface area (Å²) in [5.41, 5.74) is -3.00. The molecule has 18 heteroatoms. The Morgan fingerprint density at radius 1 is 0.783 bits per heavy atom. The number of ether oxygens (including phenoxy) is 4. The van der Waals surface area contributed by atoms with Crippen LogP contribution in [0, 0.1) is 50.7 Å². The highest BCUT2D eigenvalue weighted by Gasteiger charge is 2.72. The van der Waals surface area contributed by atoms with Crippen molar-refractivity contribution < 1.29 is 81.7 Å². The van der Waals surface area contributed by atoms with Crippen LogP contribution in [0.1, 0.15) is 106 Å². The van der Waals surface area contributed by atoms with Crippen LogP contribution in [0.5, 0.6) is 0 Å². The molecule has 0 unspecified atom stereocenters. The van der Waals surface area contributed by atoms with Gasteiger partial charge >= 0.3 is 16.4 Å². The minimum atomic E-state index is -5.10. The number of fused-ring (bicyclic) bond motifs is 7. The monoisotopic (exact) mass is 876 g/mol. The second-order valence-electron chi connectivity index (χ2n) is 20.8. The van der Waals surface area contributed by atoms with E-state index >= 15 is 0 Å². The lowest BCUT2D eigenvalue weighted by molar-refractivity contribution is -0.326. The van der Waals surface area contributed by atoms with Gasteiger partial charge < -0.3 is 59.8 Å². The number of carbonyl (C=O) groups excluding carboxylic acids is 1. The molecule has 17 nitrogen and oxygen atoms in total. The molecule has 0 spiro atoms. The van der Waals surface area contributed by atoms with E-state index in [4.69, 9.17) is 23.1 Å². The van der Waals surface area contributed by atoms with Gasteiger partial charge in [-0.25, -0.2) is 4.18 Å². The minimum Gasteiger partial charge on any atom is -0.432 e. The third kappa shape index (κ3) is 6.97. The molecule has 4 saturated carbocycles. The predicted octanol–water partition coefficient (Wildman–Crippen LogP) is 1.11. The SMILES string of the molecule is C[C@@H]1CC[C@]2(C(=O)O[C@@H]3O[C@H](CO)[C@@H](O)[C@H](O)[C@H]3O)CC[C@]3(C)C(=CC[C@@H]4[C@@]5(C)CC[C@H](O[C@@H]6O[C@H](CO)[C@H](O)[C@H](O)[C@H]6OS(=O)(=O)O)C(C)(C)[C@@H]5CC[C@]43C)[C@@H]2[C@]1(C)O. The molecule has 0 radical (unpaired) electrons.